The third kappa shape index (κ3) is 1.88. The number of aliphatic carboxylic acids is 1. The second-order valence-corrected chi connectivity index (χ2v) is 3.58. The molecule has 1 aliphatic rings. The lowest BCUT2D eigenvalue weighted by Gasteiger charge is -2.32. The summed E-state index contributed by atoms with van der Waals surface area (Å²) in [4.78, 5) is 12.1. The van der Waals surface area contributed by atoms with Gasteiger partial charge in [0.2, 0.25) is 0 Å². The molecule has 0 aromatic carbocycles. The van der Waals surface area contributed by atoms with Gasteiger partial charge < -0.3 is 5.11 Å². The van der Waals surface area contributed by atoms with Gasteiger partial charge in [-0.3, -0.25) is 9.69 Å². The van der Waals surface area contributed by atoms with E-state index in [1.54, 1.807) is 0 Å². The third-order valence-electron chi connectivity index (χ3n) is 1.63. The van der Waals surface area contributed by atoms with Gasteiger partial charge in [0, 0.05) is 17.5 Å². The van der Waals surface area contributed by atoms with Crippen molar-refractivity contribution >= 4 is 17.7 Å². The zero-order valence-corrected chi connectivity index (χ0v) is 6.73. The van der Waals surface area contributed by atoms with Crippen LogP contribution < -0.4 is 0 Å². The minimum atomic E-state index is -0.737. The van der Waals surface area contributed by atoms with Crippen molar-refractivity contribution in [3.63, 3.8) is 0 Å². The molecule has 0 amide bonds. The van der Waals surface area contributed by atoms with Crippen molar-refractivity contribution in [3.8, 4) is 0 Å². The first kappa shape index (κ1) is 7.88. The molecule has 0 saturated carbocycles. The number of thioether (sulfide) groups is 1. The van der Waals surface area contributed by atoms with E-state index in [2.05, 4.69) is 0 Å². The van der Waals surface area contributed by atoms with E-state index < -0.39 is 5.97 Å². The standard InChI is InChI=1S/C6H11NO2S/c1-7(2-6(8)9)5-3-10-4-5/h5H,2-4H2,1H3,(H,8,9). The molecule has 0 radical (unpaired) electrons. The maximum Gasteiger partial charge on any atom is 0.317 e. The predicted molar refractivity (Wildman–Crippen MR) is 41.4 cm³/mol. The smallest absolute Gasteiger partial charge is 0.317 e. The molecule has 1 rings (SSSR count). The van der Waals surface area contributed by atoms with Crippen molar-refractivity contribution in [2.24, 2.45) is 0 Å². The minimum Gasteiger partial charge on any atom is -0.480 e. The number of carboxylic acid groups (broad SMARTS) is 1. The molecule has 1 saturated heterocycles. The Bertz CT molecular complexity index is 136. The Labute approximate surface area is 64.4 Å². The molecular weight excluding hydrogens is 150 g/mol. The summed E-state index contributed by atoms with van der Waals surface area (Å²) in [7, 11) is 1.86. The van der Waals surface area contributed by atoms with Crippen molar-refractivity contribution in [2.45, 2.75) is 6.04 Å². The maximum absolute atomic E-state index is 10.2. The van der Waals surface area contributed by atoms with Gasteiger partial charge in [0.05, 0.1) is 6.54 Å². The van der Waals surface area contributed by atoms with Crippen LogP contribution in [0.5, 0.6) is 0 Å². The van der Waals surface area contributed by atoms with Crippen LogP contribution in [0.15, 0.2) is 0 Å². The van der Waals surface area contributed by atoms with Crippen LogP contribution >= 0.6 is 11.8 Å². The minimum absolute atomic E-state index is 0.172. The monoisotopic (exact) mass is 161 g/mol. The first-order valence-corrected chi connectivity index (χ1v) is 4.35. The van der Waals surface area contributed by atoms with E-state index >= 15 is 0 Å². The highest BCUT2D eigenvalue weighted by molar-refractivity contribution is 8.00. The molecule has 0 atom stereocenters. The Balaban J connectivity index is 2.19. The van der Waals surface area contributed by atoms with Crippen molar-refractivity contribution in [3.05, 3.63) is 0 Å². The molecule has 1 fully saturated rings. The quantitative estimate of drug-likeness (QED) is 0.638. The largest absolute Gasteiger partial charge is 0.480 e. The average molecular weight is 161 g/mol. The SMILES string of the molecule is CN(CC(=O)O)C1CSC1. The molecule has 58 valence electrons. The lowest BCUT2D eigenvalue weighted by Crippen LogP contribution is -2.44. The highest BCUT2D eigenvalue weighted by atomic mass is 32.2. The fourth-order valence-corrected chi connectivity index (χ4v) is 1.78. The van der Waals surface area contributed by atoms with Crippen LogP contribution in [0.2, 0.25) is 0 Å². The van der Waals surface area contributed by atoms with E-state index in [0.29, 0.717) is 6.04 Å². The van der Waals surface area contributed by atoms with E-state index in [-0.39, 0.29) is 6.54 Å². The summed E-state index contributed by atoms with van der Waals surface area (Å²) in [6.07, 6.45) is 0. The van der Waals surface area contributed by atoms with Crippen LogP contribution in [0.3, 0.4) is 0 Å². The van der Waals surface area contributed by atoms with E-state index in [1.165, 1.54) is 0 Å². The van der Waals surface area contributed by atoms with Gasteiger partial charge in [0.15, 0.2) is 0 Å². The topological polar surface area (TPSA) is 40.5 Å². The Hall–Kier alpha value is -0.220. The third-order valence-corrected chi connectivity index (χ3v) is 2.87. The number of rotatable bonds is 3. The van der Waals surface area contributed by atoms with Gasteiger partial charge in [-0.25, -0.2) is 0 Å². The number of nitrogens with zero attached hydrogens (tertiary/aromatic N) is 1. The fourth-order valence-electron chi connectivity index (χ4n) is 0.820. The average Bonchev–Trinajstić information content (AvgIpc) is 1.55. The number of carboxylic acids is 1. The second-order valence-electron chi connectivity index (χ2n) is 2.50. The zero-order valence-electron chi connectivity index (χ0n) is 5.91. The number of hydrogen-bond donors (Lipinski definition) is 1. The van der Waals surface area contributed by atoms with Crippen LogP contribution in [-0.4, -0.2) is 47.1 Å². The highest BCUT2D eigenvalue weighted by Crippen LogP contribution is 2.21. The lowest BCUT2D eigenvalue weighted by molar-refractivity contribution is -0.138. The van der Waals surface area contributed by atoms with Gasteiger partial charge in [-0.2, -0.15) is 11.8 Å². The van der Waals surface area contributed by atoms with Crippen LogP contribution in [-0.2, 0) is 4.79 Å². The van der Waals surface area contributed by atoms with Crippen molar-refractivity contribution in [1.82, 2.24) is 4.90 Å². The van der Waals surface area contributed by atoms with Crippen LogP contribution in [0.25, 0.3) is 0 Å². The molecule has 0 aromatic heterocycles. The number of likely N-dealkylation sites (N-methyl/N-ethyl adjacent to an activating group) is 1. The second kappa shape index (κ2) is 3.25. The lowest BCUT2D eigenvalue weighted by atomic mass is 10.3. The summed E-state index contributed by atoms with van der Waals surface area (Å²) in [6.45, 7) is 0.172. The van der Waals surface area contributed by atoms with E-state index in [4.69, 9.17) is 5.11 Å². The van der Waals surface area contributed by atoms with Crippen molar-refractivity contribution in [1.29, 1.82) is 0 Å². The number of hydrogen-bond acceptors (Lipinski definition) is 3. The molecular formula is C6H11NO2S. The maximum atomic E-state index is 10.2. The molecule has 3 nitrogen and oxygen atoms in total. The molecule has 1 aliphatic heterocycles. The molecule has 4 heteroatoms. The van der Waals surface area contributed by atoms with Gasteiger partial charge in [-0.05, 0) is 7.05 Å². The summed E-state index contributed by atoms with van der Waals surface area (Å²) >= 11 is 1.87. The first-order valence-electron chi connectivity index (χ1n) is 3.20. The first-order chi connectivity index (χ1) is 4.70. The fraction of sp³-hybridized carbons (Fsp3) is 0.833. The van der Waals surface area contributed by atoms with E-state index in [9.17, 15) is 4.79 Å². The Morgan fingerprint density at radius 2 is 2.40 bits per heavy atom. The normalized spacial score (nSPS) is 19.0. The molecule has 0 unspecified atom stereocenters. The molecule has 1 N–H and O–H groups in total. The highest BCUT2D eigenvalue weighted by Gasteiger charge is 2.23. The Kier molecular flexibility index (Phi) is 2.56. The summed E-state index contributed by atoms with van der Waals surface area (Å²) in [5, 5.41) is 8.40. The molecule has 0 aliphatic carbocycles. The summed E-state index contributed by atoms with van der Waals surface area (Å²) < 4.78 is 0. The van der Waals surface area contributed by atoms with Crippen LogP contribution in [0.1, 0.15) is 0 Å². The van der Waals surface area contributed by atoms with Gasteiger partial charge in [0.25, 0.3) is 0 Å². The van der Waals surface area contributed by atoms with Crippen molar-refractivity contribution < 1.29 is 9.90 Å². The summed E-state index contributed by atoms with van der Waals surface area (Å²) in [5.74, 6) is 1.44. The Morgan fingerprint density at radius 1 is 1.80 bits per heavy atom. The molecule has 0 aromatic rings. The van der Waals surface area contributed by atoms with Gasteiger partial charge in [-0.15, -0.1) is 0 Å². The van der Waals surface area contributed by atoms with E-state index in [0.717, 1.165) is 11.5 Å². The summed E-state index contributed by atoms with van der Waals surface area (Å²) in [6, 6.07) is 0.501. The van der Waals surface area contributed by atoms with Crippen molar-refractivity contribution in [2.75, 3.05) is 25.1 Å². The predicted octanol–water partition coefficient (Wildman–Crippen LogP) is 0.118. The molecule has 0 spiro atoms. The van der Waals surface area contributed by atoms with E-state index in [1.807, 2.05) is 23.7 Å². The molecule has 10 heavy (non-hydrogen) atoms. The van der Waals surface area contributed by atoms with Gasteiger partial charge in [0.1, 0.15) is 0 Å². The number of carbonyl (C=O) groups is 1. The zero-order chi connectivity index (χ0) is 7.56. The molecule has 0 bridgehead atoms. The van der Waals surface area contributed by atoms with Gasteiger partial charge >= 0.3 is 5.97 Å². The molecule has 1 heterocycles. The summed E-state index contributed by atoms with van der Waals surface area (Å²) in [5.41, 5.74) is 0. The Morgan fingerprint density at radius 3 is 2.70 bits per heavy atom. The van der Waals surface area contributed by atoms with Gasteiger partial charge in [-0.1, -0.05) is 0 Å². The van der Waals surface area contributed by atoms with Crippen LogP contribution in [0.4, 0.5) is 0 Å². The van der Waals surface area contributed by atoms with Crippen LogP contribution in [0, 0.1) is 0 Å².